The van der Waals surface area contributed by atoms with Crippen LogP contribution < -0.4 is 9.31 Å². The Morgan fingerprint density at radius 3 is 1.63 bits per heavy atom. The first-order valence-electron chi connectivity index (χ1n) is 16.4. The summed E-state index contributed by atoms with van der Waals surface area (Å²) < 4.78 is 20.4. The van der Waals surface area contributed by atoms with Gasteiger partial charge in [-0.1, -0.05) is 122 Å². The lowest BCUT2D eigenvalue weighted by atomic mass is 9.88. The number of hydrogen-bond acceptors (Lipinski definition) is 3. The van der Waals surface area contributed by atoms with Crippen molar-refractivity contribution in [3.05, 3.63) is 142 Å². The van der Waals surface area contributed by atoms with E-state index in [0.717, 1.165) is 57.7 Å². The van der Waals surface area contributed by atoms with E-state index in [0.29, 0.717) is 0 Å². The minimum atomic E-state index is -0.960. The van der Waals surface area contributed by atoms with Gasteiger partial charge in [0, 0.05) is 0 Å². The fourth-order valence-corrected chi connectivity index (χ4v) is 6.97. The van der Waals surface area contributed by atoms with Crippen LogP contribution in [0, 0.1) is 41.5 Å². The van der Waals surface area contributed by atoms with E-state index in [9.17, 15) is 0 Å². The summed E-state index contributed by atoms with van der Waals surface area (Å²) in [6, 6.07) is 36.9. The third-order valence-corrected chi connectivity index (χ3v) is 8.83. The maximum absolute atomic E-state index is 6.98. The molecule has 0 aromatic heterocycles. The van der Waals surface area contributed by atoms with E-state index in [1.165, 1.54) is 38.2 Å². The van der Waals surface area contributed by atoms with Crippen LogP contribution in [0.1, 0.15) is 64.8 Å². The van der Waals surface area contributed by atoms with Crippen molar-refractivity contribution in [1.82, 2.24) is 0 Å². The molecular formula is C42H43BO3. The Bertz CT molecular complexity index is 1920. The molecule has 0 N–H and O–H groups in total. The smallest absolute Gasteiger partial charge is 0.500 e. The zero-order valence-electron chi connectivity index (χ0n) is 28.1. The average molecular weight is 607 g/mol. The average Bonchev–Trinajstić information content (AvgIpc) is 3.03. The quantitative estimate of drug-likeness (QED) is 0.115. The molecule has 6 aromatic rings. The van der Waals surface area contributed by atoms with E-state index in [-0.39, 0.29) is 6.10 Å². The lowest BCUT2D eigenvalue weighted by Crippen LogP contribution is -2.36. The van der Waals surface area contributed by atoms with Gasteiger partial charge in [-0.15, -0.1) is 0 Å². The number of aryl methyl sites for hydroxylation is 6. The Kier molecular flexibility index (Phi) is 9.19. The van der Waals surface area contributed by atoms with Gasteiger partial charge in [-0.3, -0.25) is 0 Å². The molecule has 1 unspecified atom stereocenters. The van der Waals surface area contributed by atoms with Gasteiger partial charge in [-0.25, -0.2) is 0 Å². The van der Waals surface area contributed by atoms with E-state index in [1.807, 2.05) is 0 Å². The van der Waals surface area contributed by atoms with Gasteiger partial charge in [0.25, 0.3) is 0 Å². The van der Waals surface area contributed by atoms with Crippen LogP contribution in [0.15, 0.2) is 103 Å². The largest absolute Gasteiger partial charge is 0.788 e. The van der Waals surface area contributed by atoms with Crippen LogP contribution in [0.2, 0.25) is 0 Å². The molecular weight excluding hydrogens is 563 g/mol. The molecule has 0 aliphatic rings. The molecule has 1 atom stereocenters. The van der Waals surface area contributed by atoms with Crippen LogP contribution >= 0.6 is 0 Å². The molecule has 0 saturated heterocycles. The van der Waals surface area contributed by atoms with Crippen molar-refractivity contribution in [2.75, 3.05) is 0 Å². The van der Waals surface area contributed by atoms with Crippen LogP contribution in [0.25, 0.3) is 32.7 Å². The second-order valence-electron chi connectivity index (χ2n) is 12.7. The maximum Gasteiger partial charge on any atom is 0.788 e. The van der Waals surface area contributed by atoms with Gasteiger partial charge in [-0.05, 0) is 115 Å². The van der Waals surface area contributed by atoms with Gasteiger partial charge in [0.05, 0.1) is 6.10 Å². The molecule has 4 heteroatoms. The number of benzene rings is 6. The van der Waals surface area contributed by atoms with E-state index < -0.39 is 7.32 Å². The monoisotopic (exact) mass is 606 g/mol. The van der Waals surface area contributed by atoms with E-state index in [2.05, 4.69) is 152 Å². The summed E-state index contributed by atoms with van der Waals surface area (Å²) in [6.07, 6.45) is 1.48. The first kappa shape index (κ1) is 31.4. The van der Waals surface area contributed by atoms with Crippen LogP contribution in [0.3, 0.4) is 0 Å². The van der Waals surface area contributed by atoms with Crippen LogP contribution in [0.4, 0.5) is 0 Å². The molecule has 46 heavy (non-hydrogen) atoms. The number of rotatable bonds is 10. The maximum atomic E-state index is 6.98. The molecule has 6 aromatic carbocycles. The van der Waals surface area contributed by atoms with Crippen molar-refractivity contribution in [3.63, 3.8) is 0 Å². The highest BCUT2D eigenvalue weighted by molar-refractivity contribution is 6.38. The highest BCUT2D eigenvalue weighted by Gasteiger charge is 2.34. The summed E-state index contributed by atoms with van der Waals surface area (Å²) in [5.74, 6) is 1.59. The van der Waals surface area contributed by atoms with Gasteiger partial charge < -0.3 is 14.0 Å². The van der Waals surface area contributed by atoms with Crippen molar-refractivity contribution >= 4 is 28.9 Å². The molecule has 6 rings (SSSR count). The predicted octanol–water partition coefficient (Wildman–Crippen LogP) is 11.5. The molecule has 0 aliphatic heterocycles. The lowest BCUT2D eigenvalue weighted by Gasteiger charge is -2.27. The van der Waals surface area contributed by atoms with E-state index in [4.69, 9.17) is 14.0 Å². The Labute approximate surface area is 274 Å². The van der Waals surface area contributed by atoms with Crippen molar-refractivity contribution in [1.29, 1.82) is 0 Å². The first-order valence-corrected chi connectivity index (χ1v) is 16.4. The number of hydrogen-bond donors (Lipinski definition) is 0. The molecule has 0 aliphatic carbocycles. The predicted molar refractivity (Wildman–Crippen MR) is 194 cm³/mol. The molecule has 0 heterocycles. The fraction of sp³-hybridized carbons (Fsp3) is 0.238. The van der Waals surface area contributed by atoms with Crippen molar-refractivity contribution < 1.29 is 14.0 Å². The Morgan fingerprint density at radius 2 is 1.04 bits per heavy atom. The Morgan fingerprint density at radius 1 is 0.543 bits per heavy atom. The minimum Gasteiger partial charge on any atom is -0.500 e. The summed E-state index contributed by atoms with van der Waals surface area (Å²) in [6.45, 7) is 14.7. The van der Waals surface area contributed by atoms with Crippen LogP contribution in [-0.4, -0.2) is 7.32 Å². The van der Waals surface area contributed by atoms with Gasteiger partial charge in [-0.2, -0.15) is 0 Å². The zero-order chi connectivity index (χ0) is 32.4. The summed E-state index contributed by atoms with van der Waals surface area (Å²) in [5.41, 5.74) is 10.1. The molecule has 0 radical (unpaired) electrons. The highest BCUT2D eigenvalue weighted by atomic mass is 16.7. The van der Waals surface area contributed by atoms with Crippen molar-refractivity contribution in [3.8, 4) is 22.6 Å². The highest BCUT2D eigenvalue weighted by Crippen LogP contribution is 2.40. The first-order chi connectivity index (χ1) is 22.2. The Hall–Kier alpha value is -4.54. The minimum absolute atomic E-state index is 0.270. The van der Waals surface area contributed by atoms with Crippen LogP contribution in [0.5, 0.6) is 11.5 Å². The van der Waals surface area contributed by atoms with Crippen LogP contribution in [-0.2, 0) is 4.65 Å². The van der Waals surface area contributed by atoms with Gasteiger partial charge in [0.1, 0.15) is 11.5 Å². The van der Waals surface area contributed by atoms with Crippen molar-refractivity contribution in [2.24, 2.45) is 0 Å². The van der Waals surface area contributed by atoms with Gasteiger partial charge in [0.15, 0.2) is 0 Å². The third kappa shape index (κ3) is 6.41. The SMILES string of the molecule is CCCC(OB(Oc1c(C)cc(C)cc1C)Oc1c(C)cc(C)cc1C)c1ccccc1-c1cc2ccccc2c2ccccc12. The molecule has 0 amide bonds. The third-order valence-electron chi connectivity index (χ3n) is 8.83. The van der Waals surface area contributed by atoms with Gasteiger partial charge in [0.2, 0.25) is 0 Å². The molecule has 0 bridgehead atoms. The summed E-state index contributed by atoms with van der Waals surface area (Å²) in [5, 5.41) is 4.96. The summed E-state index contributed by atoms with van der Waals surface area (Å²) in [4.78, 5) is 0. The van der Waals surface area contributed by atoms with E-state index >= 15 is 0 Å². The molecule has 0 saturated carbocycles. The van der Waals surface area contributed by atoms with Gasteiger partial charge >= 0.3 is 7.32 Å². The normalized spacial score (nSPS) is 12.0. The topological polar surface area (TPSA) is 27.7 Å². The molecule has 232 valence electrons. The summed E-state index contributed by atoms with van der Waals surface area (Å²) >= 11 is 0. The second-order valence-corrected chi connectivity index (χ2v) is 12.7. The Balaban J connectivity index is 1.46. The summed E-state index contributed by atoms with van der Waals surface area (Å²) in [7, 11) is -0.960. The fourth-order valence-electron chi connectivity index (χ4n) is 6.97. The molecule has 0 fully saturated rings. The zero-order valence-corrected chi connectivity index (χ0v) is 28.1. The van der Waals surface area contributed by atoms with Crippen molar-refractivity contribution in [2.45, 2.75) is 67.4 Å². The molecule has 0 spiro atoms. The second kappa shape index (κ2) is 13.4. The lowest BCUT2D eigenvalue weighted by molar-refractivity contribution is 0.122. The van der Waals surface area contributed by atoms with E-state index in [1.54, 1.807) is 0 Å². The number of fused-ring (bicyclic) bond motifs is 3. The molecule has 3 nitrogen and oxygen atoms in total. The standard InChI is InChI=1S/C42H43BO3/c1-8-15-40(38-21-14-13-20-37(38)39-26-33-16-9-10-17-34(33)35-18-11-12-19-36(35)39)44-43(45-41-29(4)22-27(2)23-30(41)5)46-42-31(6)24-28(3)25-32(42)7/h9-14,16-26,40H,8,15H2,1-7H3.